The van der Waals surface area contributed by atoms with Gasteiger partial charge in [-0.3, -0.25) is 57.8 Å². The summed E-state index contributed by atoms with van der Waals surface area (Å²) >= 11 is 0. The van der Waals surface area contributed by atoms with Crippen molar-refractivity contribution in [3.05, 3.63) is 107 Å². The molecule has 2 N–H and O–H groups in total. The Morgan fingerprint density at radius 3 is 1.39 bits per heavy atom. The first-order chi connectivity index (χ1) is 33.1. The highest BCUT2D eigenvalue weighted by Gasteiger charge is 2.38. The highest BCUT2D eigenvalue weighted by atomic mass is 16.8. The quantitative estimate of drug-likeness (QED) is 0.108. The molecule has 0 bridgehead atoms. The number of ether oxygens (including phenoxy) is 2. The van der Waals surface area contributed by atoms with E-state index in [1.54, 1.807) is 26.0 Å². The summed E-state index contributed by atoms with van der Waals surface area (Å²) in [5.41, 5.74) is 8.92. The van der Waals surface area contributed by atoms with E-state index < -0.39 is 18.0 Å². The number of benzene rings is 4. The van der Waals surface area contributed by atoms with Crippen LogP contribution in [0.4, 0.5) is 16.2 Å². The molecule has 4 atom stereocenters. The van der Waals surface area contributed by atoms with Crippen molar-refractivity contribution in [2.45, 2.75) is 78.6 Å². The maximum absolute atomic E-state index is 12.6. The van der Waals surface area contributed by atoms with Gasteiger partial charge in [-0.15, -0.1) is 0 Å². The van der Waals surface area contributed by atoms with E-state index in [-0.39, 0.29) is 137 Å². The zero-order valence-electron chi connectivity index (χ0n) is 38.1. The average molecular weight is 956 g/mol. The van der Waals surface area contributed by atoms with Crippen molar-refractivity contribution in [3.63, 3.8) is 0 Å². The maximum atomic E-state index is 12.6. The van der Waals surface area contributed by atoms with E-state index in [2.05, 4.69) is 10.6 Å². The molecule has 2 aliphatic carbocycles. The van der Waals surface area contributed by atoms with Gasteiger partial charge in [-0.25, -0.2) is 4.79 Å². The minimum absolute atomic E-state index is 0. The van der Waals surface area contributed by atoms with E-state index in [1.807, 2.05) is 72.8 Å². The molecule has 0 spiro atoms. The molecule has 8 amide bonds. The minimum Gasteiger partial charge on any atom is -0.465 e. The number of nitrogens with one attached hydrogen (secondary N) is 2. The van der Waals surface area contributed by atoms with Gasteiger partial charge in [0.2, 0.25) is 35.4 Å². The summed E-state index contributed by atoms with van der Waals surface area (Å²) < 4.78 is 10.6. The SMILES string of the molecule is C.CC(=O)OCC1c2ccccc2-c2ccc(NC(=O)CCN3C(=O)CC(C)C3=O)cc21.CC1CC(=O)N(CCC(=O)Nc2ccc3c(c2)C(COC(=O)ON2C(=O)CCC2=O)c2ccccc2-3)C1=O. The number of imide groups is 3. The third-order valence-corrected chi connectivity index (χ3v) is 12.7. The average Bonchev–Trinajstić information content (AvgIpc) is 4.06. The van der Waals surface area contributed by atoms with Crippen LogP contribution in [0.15, 0.2) is 84.9 Å². The topological polar surface area (TPSA) is 232 Å². The Hall–Kier alpha value is -8.02. The van der Waals surface area contributed by atoms with Gasteiger partial charge in [-0.1, -0.05) is 87.0 Å². The first kappa shape index (κ1) is 49.9. The van der Waals surface area contributed by atoms with Crippen molar-refractivity contribution in [1.82, 2.24) is 14.9 Å². The zero-order valence-corrected chi connectivity index (χ0v) is 38.1. The maximum Gasteiger partial charge on any atom is 0.533 e. The zero-order chi connectivity index (χ0) is 49.1. The number of hydrogen-bond donors (Lipinski definition) is 2. The molecule has 3 saturated heterocycles. The second-order valence-corrected chi connectivity index (χ2v) is 17.5. The molecule has 0 aromatic heterocycles. The van der Waals surface area contributed by atoms with Gasteiger partial charge in [0.1, 0.15) is 13.2 Å². The number of carbonyl (C=O) groups is 10. The number of hydroxylamine groups is 2. The van der Waals surface area contributed by atoms with Crippen molar-refractivity contribution in [2.75, 3.05) is 36.9 Å². The highest BCUT2D eigenvalue weighted by molar-refractivity contribution is 6.05. The lowest BCUT2D eigenvalue weighted by Gasteiger charge is -2.17. The predicted molar refractivity (Wildman–Crippen MR) is 252 cm³/mol. The fourth-order valence-corrected chi connectivity index (χ4v) is 9.29. The highest BCUT2D eigenvalue weighted by Crippen LogP contribution is 2.47. The molecule has 5 aliphatic rings. The molecule has 3 aliphatic heterocycles. The number of anilines is 2. The Kier molecular flexibility index (Phi) is 15.0. The Morgan fingerprint density at radius 1 is 0.557 bits per heavy atom. The van der Waals surface area contributed by atoms with Gasteiger partial charge in [0.15, 0.2) is 0 Å². The lowest BCUT2D eigenvalue weighted by Crippen LogP contribution is -2.33. The lowest BCUT2D eigenvalue weighted by atomic mass is 9.97. The number of esters is 1. The summed E-state index contributed by atoms with van der Waals surface area (Å²) in [6.45, 7) is 5.00. The summed E-state index contributed by atoms with van der Waals surface area (Å²) in [5, 5.41) is 6.08. The van der Waals surface area contributed by atoms with Gasteiger partial charge < -0.3 is 20.1 Å². The van der Waals surface area contributed by atoms with E-state index in [4.69, 9.17) is 14.3 Å². The molecule has 18 nitrogen and oxygen atoms in total. The molecule has 70 heavy (non-hydrogen) atoms. The smallest absolute Gasteiger partial charge is 0.465 e. The van der Waals surface area contributed by atoms with Crippen molar-refractivity contribution >= 4 is 70.8 Å². The molecule has 3 fully saturated rings. The normalized spacial score (nSPS) is 19.4. The monoisotopic (exact) mass is 955 g/mol. The minimum atomic E-state index is -1.16. The number of rotatable bonds is 13. The number of fused-ring (bicyclic) bond motifs is 6. The van der Waals surface area contributed by atoms with Crippen LogP contribution in [0.25, 0.3) is 22.3 Å². The first-order valence-corrected chi connectivity index (χ1v) is 22.7. The molecule has 364 valence electrons. The standard InChI is InChI=1S/C27H25N3O8.C24H24N2O5.CH4/c1-15-12-25(34)29(26(15)35)11-10-22(31)28-16-6-7-19-17-4-2-3-5-18(17)21(20(19)13-16)14-37-27(36)38-30-23(32)8-9-24(30)33;1-14-11-23(29)26(24(14)30)10-9-22(28)25-16-7-8-19-17-5-3-4-6-18(17)21(20(19)12-16)13-31-15(2)27;/h2-7,13,15,21H,8-12,14H2,1H3,(H,28,31);3-8,12,14,21H,9-11,13H2,1-2H3,(H,25,28);1H4. The van der Waals surface area contributed by atoms with Crippen LogP contribution in [0.3, 0.4) is 0 Å². The molecule has 4 aromatic carbocycles. The molecule has 0 radical (unpaired) electrons. The fraction of sp³-hybridized carbons (Fsp3) is 0.346. The Labute approximate surface area is 403 Å². The molecule has 0 saturated carbocycles. The van der Waals surface area contributed by atoms with E-state index in [1.165, 1.54) is 11.8 Å². The summed E-state index contributed by atoms with van der Waals surface area (Å²) in [7, 11) is 0. The van der Waals surface area contributed by atoms with Gasteiger partial charge in [0.05, 0.1) is 0 Å². The van der Waals surface area contributed by atoms with Crippen LogP contribution in [0.5, 0.6) is 0 Å². The Morgan fingerprint density at radius 2 is 0.971 bits per heavy atom. The van der Waals surface area contributed by atoms with Gasteiger partial charge >= 0.3 is 12.1 Å². The van der Waals surface area contributed by atoms with Gasteiger partial charge in [-0.2, -0.15) is 0 Å². The lowest BCUT2D eigenvalue weighted by molar-refractivity contribution is -0.177. The van der Waals surface area contributed by atoms with Gasteiger partial charge in [0.25, 0.3) is 11.8 Å². The van der Waals surface area contributed by atoms with Crippen LogP contribution < -0.4 is 10.6 Å². The number of likely N-dealkylation sites (tertiary alicyclic amines) is 2. The van der Waals surface area contributed by atoms with Crippen LogP contribution in [0.2, 0.25) is 0 Å². The second kappa shape index (κ2) is 21.1. The van der Waals surface area contributed by atoms with Crippen LogP contribution >= 0.6 is 0 Å². The molecular formula is C52H53N5O13. The number of carbonyl (C=O) groups excluding carboxylic acids is 10. The summed E-state index contributed by atoms with van der Waals surface area (Å²) in [4.78, 5) is 127. The fourth-order valence-electron chi connectivity index (χ4n) is 9.29. The molecule has 18 heteroatoms. The number of nitrogens with zero attached hydrogens (tertiary/aromatic N) is 3. The molecular weight excluding hydrogens is 903 g/mol. The van der Waals surface area contributed by atoms with Crippen LogP contribution in [0, 0.1) is 11.8 Å². The second-order valence-electron chi connectivity index (χ2n) is 17.5. The van der Waals surface area contributed by atoms with Gasteiger partial charge in [-0.05, 0) is 68.8 Å². The molecule has 4 unspecified atom stereocenters. The van der Waals surface area contributed by atoms with Crippen molar-refractivity contribution in [2.24, 2.45) is 11.8 Å². The van der Waals surface area contributed by atoms with Crippen LogP contribution in [-0.4, -0.2) is 101 Å². The van der Waals surface area contributed by atoms with E-state index in [0.29, 0.717) is 16.4 Å². The van der Waals surface area contributed by atoms with E-state index in [0.717, 1.165) is 49.4 Å². The van der Waals surface area contributed by atoms with Crippen molar-refractivity contribution in [3.8, 4) is 22.3 Å². The summed E-state index contributed by atoms with van der Waals surface area (Å²) in [5.74, 6) is -4.31. The first-order valence-electron chi connectivity index (χ1n) is 22.7. The van der Waals surface area contributed by atoms with Crippen LogP contribution in [-0.2, 0) is 57.5 Å². The summed E-state index contributed by atoms with van der Waals surface area (Å²) in [6, 6.07) is 26.7. The Balaban J connectivity index is 0.000000208. The number of amides is 8. The largest absolute Gasteiger partial charge is 0.533 e. The van der Waals surface area contributed by atoms with Gasteiger partial charge in [0, 0.05) is 93.6 Å². The third-order valence-electron chi connectivity index (χ3n) is 12.7. The van der Waals surface area contributed by atoms with Crippen molar-refractivity contribution < 1.29 is 62.3 Å². The molecule has 3 heterocycles. The Bertz CT molecular complexity index is 2810. The molecule has 9 rings (SSSR count). The third kappa shape index (κ3) is 10.5. The van der Waals surface area contributed by atoms with Crippen LogP contribution in [0.1, 0.15) is 101 Å². The summed E-state index contributed by atoms with van der Waals surface area (Å²) in [6.07, 6.45) is -0.833. The van der Waals surface area contributed by atoms with Crippen molar-refractivity contribution in [1.29, 1.82) is 0 Å². The number of hydrogen-bond acceptors (Lipinski definition) is 13. The van der Waals surface area contributed by atoms with E-state index in [9.17, 15) is 47.9 Å². The van der Waals surface area contributed by atoms with E-state index >= 15 is 0 Å². The molecule has 4 aromatic rings. The predicted octanol–water partition coefficient (Wildman–Crippen LogP) is 6.46.